The standard InChI is InChI=1S/C17H24N2O/c1-6-15-14(11-19(5)18-15)16(20)12-7-9-13(10-8-12)17(2,3)4/h7-11,16,20H,6H2,1-5H3. The summed E-state index contributed by atoms with van der Waals surface area (Å²) in [5.74, 6) is 0. The first kappa shape index (κ1) is 14.8. The zero-order valence-electron chi connectivity index (χ0n) is 13.0. The molecule has 2 rings (SSSR count). The third-order valence-electron chi connectivity index (χ3n) is 3.66. The first-order valence-electron chi connectivity index (χ1n) is 7.14. The maximum atomic E-state index is 10.6. The fourth-order valence-corrected chi connectivity index (χ4v) is 2.40. The number of hydrogen-bond acceptors (Lipinski definition) is 2. The van der Waals surface area contributed by atoms with Crippen molar-refractivity contribution in [2.24, 2.45) is 7.05 Å². The normalized spacial score (nSPS) is 13.5. The van der Waals surface area contributed by atoms with E-state index in [9.17, 15) is 5.11 Å². The van der Waals surface area contributed by atoms with Gasteiger partial charge < -0.3 is 5.11 Å². The Morgan fingerprint density at radius 1 is 1.20 bits per heavy atom. The Balaban J connectivity index is 2.31. The molecule has 0 spiro atoms. The fourth-order valence-electron chi connectivity index (χ4n) is 2.40. The molecule has 108 valence electrons. The van der Waals surface area contributed by atoms with Gasteiger partial charge in [0.1, 0.15) is 6.10 Å². The number of rotatable bonds is 3. The molecule has 1 aromatic heterocycles. The van der Waals surface area contributed by atoms with Crippen LogP contribution in [0.25, 0.3) is 0 Å². The predicted molar refractivity (Wildman–Crippen MR) is 81.8 cm³/mol. The number of aliphatic hydroxyl groups is 1. The molecule has 0 amide bonds. The average molecular weight is 272 g/mol. The Morgan fingerprint density at radius 2 is 1.80 bits per heavy atom. The topological polar surface area (TPSA) is 38.0 Å². The number of hydrogen-bond donors (Lipinski definition) is 1. The lowest BCUT2D eigenvalue weighted by Gasteiger charge is -2.20. The van der Waals surface area contributed by atoms with Gasteiger partial charge in [-0.15, -0.1) is 0 Å². The Morgan fingerprint density at radius 3 is 2.30 bits per heavy atom. The van der Waals surface area contributed by atoms with Gasteiger partial charge in [-0.05, 0) is 23.0 Å². The molecule has 0 saturated carbocycles. The van der Waals surface area contributed by atoms with Crippen LogP contribution in [-0.4, -0.2) is 14.9 Å². The SMILES string of the molecule is CCc1nn(C)cc1C(O)c1ccc(C(C)(C)C)cc1. The van der Waals surface area contributed by atoms with Gasteiger partial charge >= 0.3 is 0 Å². The highest BCUT2D eigenvalue weighted by atomic mass is 16.3. The second kappa shape index (κ2) is 5.41. The summed E-state index contributed by atoms with van der Waals surface area (Å²) in [4.78, 5) is 0. The van der Waals surface area contributed by atoms with Crippen LogP contribution >= 0.6 is 0 Å². The van der Waals surface area contributed by atoms with Crippen LogP contribution in [0.2, 0.25) is 0 Å². The van der Waals surface area contributed by atoms with Crippen molar-refractivity contribution in [3.63, 3.8) is 0 Å². The van der Waals surface area contributed by atoms with Gasteiger partial charge in [0.25, 0.3) is 0 Å². The molecule has 0 fully saturated rings. The Labute approximate surface area is 121 Å². The molecule has 1 N–H and O–H groups in total. The number of aryl methyl sites for hydroxylation is 2. The summed E-state index contributed by atoms with van der Waals surface area (Å²) in [5.41, 5.74) is 4.18. The Hall–Kier alpha value is -1.61. The maximum absolute atomic E-state index is 10.6. The van der Waals surface area contributed by atoms with Crippen LogP contribution in [0, 0.1) is 0 Å². The molecule has 1 atom stereocenters. The summed E-state index contributed by atoms with van der Waals surface area (Å²) < 4.78 is 1.76. The minimum Gasteiger partial charge on any atom is -0.384 e. The molecule has 2 aromatic rings. The molecule has 1 aromatic carbocycles. The molecule has 0 saturated heterocycles. The number of aromatic nitrogens is 2. The summed E-state index contributed by atoms with van der Waals surface area (Å²) in [5, 5.41) is 14.9. The molecule has 0 aliphatic heterocycles. The van der Waals surface area contributed by atoms with Crippen LogP contribution in [0.5, 0.6) is 0 Å². The number of nitrogens with zero attached hydrogens (tertiary/aromatic N) is 2. The highest BCUT2D eigenvalue weighted by molar-refractivity contribution is 5.34. The second-order valence-electron chi connectivity index (χ2n) is 6.33. The van der Waals surface area contributed by atoms with Crippen molar-refractivity contribution in [3.05, 3.63) is 52.8 Å². The summed E-state index contributed by atoms with van der Waals surface area (Å²) in [6.07, 6.45) is 2.13. The summed E-state index contributed by atoms with van der Waals surface area (Å²) in [7, 11) is 1.89. The zero-order valence-corrected chi connectivity index (χ0v) is 13.0. The third kappa shape index (κ3) is 2.93. The number of benzene rings is 1. The van der Waals surface area contributed by atoms with Gasteiger partial charge in [-0.3, -0.25) is 4.68 Å². The van der Waals surface area contributed by atoms with Crippen molar-refractivity contribution in [1.29, 1.82) is 0 Å². The molecule has 0 bridgehead atoms. The Bertz CT molecular complexity index is 576. The average Bonchev–Trinajstić information content (AvgIpc) is 2.78. The molecular weight excluding hydrogens is 248 g/mol. The van der Waals surface area contributed by atoms with Crippen molar-refractivity contribution in [2.45, 2.75) is 45.6 Å². The van der Waals surface area contributed by atoms with E-state index in [-0.39, 0.29) is 5.41 Å². The van der Waals surface area contributed by atoms with E-state index in [1.54, 1.807) is 4.68 Å². The van der Waals surface area contributed by atoms with Gasteiger partial charge in [0, 0.05) is 18.8 Å². The van der Waals surface area contributed by atoms with Crippen molar-refractivity contribution >= 4 is 0 Å². The van der Waals surface area contributed by atoms with Gasteiger partial charge in [0.15, 0.2) is 0 Å². The predicted octanol–water partition coefficient (Wildman–Crippen LogP) is 3.36. The lowest BCUT2D eigenvalue weighted by atomic mass is 9.86. The monoisotopic (exact) mass is 272 g/mol. The third-order valence-corrected chi connectivity index (χ3v) is 3.66. The van der Waals surface area contributed by atoms with Crippen molar-refractivity contribution in [2.75, 3.05) is 0 Å². The van der Waals surface area contributed by atoms with Crippen molar-refractivity contribution < 1.29 is 5.11 Å². The Kier molecular flexibility index (Phi) is 4.00. The van der Waals surface area contributed by atoms with Crippen LogP contribution < -0.4 is 0 Å². The summed E-state index contributed by atoms with van der Waals surface area (Å²) in [6, 6.07) is 8.22. The van der Waals surface area contributed by atoms with Crippen LogP contribution in [0.4, 0.5) is 0 Å². The van der Waals surface area contributed by atoms with Gasteiger partial charge in [-0.2, -0.15) is 5.10 Å². The van der Waals surface area contributed by atoms with Gasteiger partial charge in [-0.25, -0.2) is 0 Å². The number of aliphatic hydroxyl groups excluding tert-OH is 1. The molecular formula is C17H24N2O. The molecule has 0 radical (unpaired) electrons. The van der Waals surface area contributed by atoms with Crippen molar-refractivity contribution in [1.82, 2.24) is 9.78 Å². The lowest BCUT2D eigenvalue weighted by Crippen LogP contribution is -2.11. The molecule has 20 heavy (non-hydrogen) atoms. The minimum absolute atomic E-state index is 0.131. The molecule has 0 aliphatic rings. The van der Waals surface area contributed by atoms with E-state index in [4.69, 9.17) is 0 Å². The smallest absolute Gasteiger partial charge is 0.107 e. The molecule has 3 nitrogen and oxygen atoms in total. The van der Waals surface area contributed by atoms with Crippen LogP contribution in [-0.2, 0) is 18.9 Å². The molecule has 1 unspecified atom stereocenters. The minimum atomic E-state index is -0.604. The molecule has 0 aliphatic carbocycles. The van der Waals surface area contributed by atoms with E-state index in [1.165, 1.54) is 5.56 Å². The second-order valence-corrected chi connectivity index (χ2v) is 6.33. The first-order chi connectivity index (χ1) is 9.32. The van der Waals surface area contributed by atoms with E-state index < -0.39 is 6.10 Å². The zero-order chi connectivity index (χ0) is 14.9. The van der Waals surface area contributed by atoms with E-state index >= 15 is 0 Å². The quantitative estimate of drug-likeness (QED) is 0.930. The highest BCUT2D eigenvalue weighted by Gasteiger charge is 2.18. The molecule has 3 heteroatoms. The van der Waals surface area contributed by atoms with E-state index in [0.717, 1.165) is 23.2 Å². The van der Waals surface area contributed by atoms with E-state index in [0.29, 0.717) is 0 Å². The largest absolute Gasteiger partial charge is 0.384 e. The van der Waals surface area contributed by atoms with Crippen LogP contribution in [0.15, 0.2) is 30.5 Å². The highest BCUT2D eigenvalue weighted by Crippen LogP contribution is 2.28. The maximum Gasteiger partial charge on any atom is 0.107 e. The summed E-state index contributed by atoms with van der Waals surface area (Å²) >= 11 is 0. The fraction of sp³-hybridized carbons (Fsp3) is 0.471. The molecule has 1 heterocycles. The van der Waals surface area contributed by atoms with Gasteiger partial charge in [-0.1, -0.05) is 52.0 Å². The van der Waals surface area contributed by atoms with E-state index in [2.05, 4.69) is 44.9 Å². The van der Waals surface area contributed by atoms with Crippen LogP contribution in [0.3, 0.4) is 0 Å². The van der Waals surface area contributed by atoms with Gasteiger partial charge in [0.05, 0.1) is 5.69 Å². The van der Waals surface area contributed by atoms with Gasteiger partial charge in [0.2, 0.25) is 0 Å². The first-order valence-corrected chi connectivity index (χ1v) is 7.14. The van der Waals surface area contributed by atoms with E-state index in [1.807, 2.05) is 25.4 Å². The van der Waals surface area contributed by atoms with Crippen molar-refractivity contribution in [3.8, 4) is 0 Å². The summed E-state index contributed by atoms with van der Waals surface area (Å²) in [6.45, 7) is 8.62. The lowest BCUT2D eigenvalue weighted by molar-refractivity contribution is 0.219. The van der Waals surface area contributed by atoms with Crippen LogP contribution in [0.1, 0.15) is 56.2 Å².